The monoisotopic (exact) mass is 1730 g/mol. The topological polar surface area (TPSA) is 291 Å². The molecule has 0 amide bonds. The molecule has 2 aromatic heterocycles. The van der Waals surface area contributed by atoms with Crippen LogP contribution in [-0.2, 0) is 77.4 Å². The molecule has 6 aromatic carbocycles. The number of benzene rings is 6. The number of ether oxygens (including phenoxy) is 8. The number of hydrogen-bond donors (Lipinski definition) is 0. The number of aryl methyl sites for hydroxylation is 4. The van der Waals surface area contributed by atoms with Crippen molar-refractivity contribution in [1.29, 1.82) is 0 Å². The van der Waals surface area contributed by atoms with Gasteiger partial charge in [0, 0.05) is 78.6 Å². The van der Waals surface area contributed by atoms with Gasteiger partial charge in [-0.3, -0.25) is 19.2 Å². The molecule has 4 saturated heterocycles. The van der Waals surface area contributed by atoms with Gasteiger partial charge in [0.1, 0.15) is 78.9 Å². The summed E-state index contributed by atoms with van der Waals surface area (Å²) in [5, 5.41) is 5.33. The van der Waals surface area contributed by atoms with Crippen molar-refractivity contribution < 1.29 is 139 Å². The summed E-state index contributed by atoms with van der Waals surface area (Å²) >= 11 is 0. The SMILES string of the molecule is Cc1cc(-[s+]2c3ccccc3c3ccccc32)cc(C)c1OCC(=O)OC1(C)C2CC3CC(C2)CC1C3.Cc1cc(-[s+]2c3ccccc3c3ccccc32)cc(C)c1OCC(=O)OC1(C)C2CC3CC(C2)CC1C3.O=C(CS(=O)(=O)[O-])OC1C2CC3CC(C2)C(=O)OC1C3.O=C(CS(=O)(=O)[O-])OC1C2CC3CC(C2)C(=O)OC1C3.[Br-].[Na+]. The summed E-state index contributed by atoms with van der Waals surface area (Å²) in [6, 6.07) is 44.0. The van der Waals surface area contributed by atoms with Gasteiger partial charge in [-0.15, -0.1) is 0 Å². The van der Waals surface area contributed by atoms with E-state index < -0.39 is 68.1 Å². The first-order valence-corrected chi connectivity index (χ1v) is 46.5. The van der Waals surface area contributed by atoms with Crippen LogP contribution in [0.3, 0.4) is 0 Å². The van der Waals surface area contributed by atoms with E-state index in [0.29, 0.717) is 61.2 Å². The van der Waals surface area contributed by atoms with Gasteiger partial charge < -0.3 is 64.0 Å². The minimum absolute atomic E-state index is 0. The van der Waals surface area contributed by atoms with Crippen molar-refractivity contribution in [2.24, 2.45) is 82.9 Å². The van der Waals surface area contributed by atoms with E-state index in [1.54, 1.807) is 0 Å². The van der Waals surface area contributed by atoms with E-state index in [0.717, 1.165) is 83.1 Å². The third-order valence-corrected chi connectivity index (χ3v) is 33.8. The number of hydrogen-bond acceptors (Lipinski definition) is 20. The molecule has 0 radical (unpaired) electrons. The molecular weight excluding hydrogens is 1630 g/mol. The Labute approximate surface area is 715 Å². The maximum atomic E-state index is 13.0. The normalized spacial score (nSPS) is 31.5. The van der Waals surface area contributed by atoms with Crippen LogP contribution in [0.4, 0.5) is 0 Å². The number of esters is 6. The van der Waals surface area contributed by atoms with Crippen LogP contribution in [-0.4, -0.2) is 122 Å². The fourth-order valence-electron chi connectivity index (χ4n) is 23.6. The second-order valence-electron chi connectivity index (χ2n) is 35.7. The van der Waals surface area contributed by atoms with Crippen LogP contribution in [0, 0.1) is 111 Å². The summed E-state index contributed by atoms with van der Waals surface area (Å²) in [6.07, 6.45) is 16.2. The molecule has 10 atom stereocenters. The number of carbonyl (C=O) groups is 6. The Morgan fingerprint density at radius 1 is 0.414 bits per heavy atom. The van der Waals surface area contributed by atoms with Crippen molar-refractivity contribution in [3.8, 4) is 21.3 Å². The summed E-state index contributed by atoms with van der Waals surface area (Å²) in [5.41, 5.74) is 3.64. The summed E-state index contributed by atoms with van der Waals surface area (Å²) in [4.78, 5) is 75.3. The van der Waals surface area contributed by atoms with E-state index >= 15 is 0 Å². The summed E-state index contributed by atoms with van der Waals surface area (Å²) < 4.78 is 115. The van der Waals surface area contributed by atoms with Gasteiger partial charge >= 0.3 is 65.4 Å². The molecule has 16 aliphatic rings. The molecule has 0 spiro atoms. The Kier molecular flexibility index (Phi) is 24.4. The Hall–Kier alpha value is -6.52. The van der Waals surface area contributed by atoms with Gasteiger partial charge in [0.2, 0.25) is 0 Å². The molecule has 10 unspecified atom stereocenters. The zero-order valence-corrected chi connectivity index (χ0v) is 73.5. The molecule has 12 saturated carbocycles. The molecule has 4 aliphatic heterocycles. The first-order chi connectivity index (χ1) is 54.4. The number of rotatable bonds is 16. The largest absolute Gasteiger partial charge is 1.00 e. The van der Waals surface area contributed by atoms with Gasteiger partial charge in [-0.25, -0.2) is 26.4 Å². The third kappa shape index (κ3) is 17.0. The molecule has 24 rings (SSSR count). The van der Waals surface area contributed by atoms with Gasteiger partial charge in [-0.2, -0.15) is 0 Å². The Morgan fingerprint density at radius 2 is 0.698 bits per heavy atom. The summed E-state index contributed by atoms with van der Waals surface area (Å²) in [7, 11) is -9.59. The number of fused-ring (bicyclic) bond motifs is 8. The van der Waals surface area contributed by atoms with Crippen molar-refractivity contribution >= 4 is 117 Å². The molecule has 0 N–H and O–H groups in total. The maximum absolute atomic E-state index is 13.0. The van der Waals surface area contributed by atoms with Crippen LogP contribution >= 0.6 is 20.9 Å². The minimum atomic E-state index is -4.65. The Balaban J connectivity index is 0.000000126. The Morgan fingerprint density at radius 3 is 0.991 bits per heavy atom. The van der Waals surface area contributed by atoms with Crippen LogP contribution < -0.4 is 56.0 Å². The molecule has 20 nitrogen and oxygen atoms in total. The molecule has 6 heterocycles. The van der Waals surface area contributed by atoms with Crippen LogP contribution in [0.5, 0.6) is 11.5 Å². The van der Waals surface area contributed by atoms with Crippen LogP contribution in [0.2, 0.25) is 0 Å². The smallest absolute Gasteiger partial charge is 1.00 e. The van der Waals surface area contributed by atoms with Gasteiger partial charge in [-0.1, -0.05) is 48.5 Å². The van der Waals surface area contributed by atoms with Gasteiger partial charge in [0.15, 0.2) is 41.8 Å². The third-order valence-electron chi connectivity index (χ3n) is 28.0. The van der Waals surface area contributed by atoms with Gasteiger partial charge in [-0.05, 0) is 287 Å². The average molecular weight is 1730 g/mol. The minimum Gasteiger partial charge on any atom is -1.00 e. The number of halogens is 1. The Bertz CT molecular complexity index is 4860. The summed E-state index contributed by atoms with van der Waals surface area (Å²) in [6.45, 7) is 12.7. The van der Waals surface area contributed by atoms with Crippen molar-refractivity contribution in [3.05, 3.63) is 144 Å². The second-order valence-corrected chi connectivity index (χ2v) is 42.4. The van der Waals surface area contributed by atoms with Crippen molar-refractivity contribution in [1.82, 2.24) is 0 Å². The van der Waals surface area contributed by atoms with E-state index in [-0.39, 0.29) is 139 Å². The molecule has 612 valence electrons. The molecular formula is C90H100BrNaO20S4. The van der Waals surface area contributed by atoms with Crippen molar-refractivity contribution in [2.75, 3.05) is 24.7 Å². The first kappa shape index (κ1) is 84.5. The fourth-order valence-corrected chi connectivity index (χ4v) is 29.5. The first-order valence-electron chi connectivity index (χ1n) is 40.9. The van der Waals surface area contributed by atoms with Gasteiger partial charge in [0.05, 0.1) is 11.8 Å². The van der Waals surface area contributed by atoms with Gasteiger partial charge in [0.25, 0.3) is 0 Å². The predicted molar refractivity (Wildman–Crippen MR) is 430 cm³/mol. The van der Waals surface area contributed by atoms with E-state index in [1.165, 1.54) is 114 Å². The zero-order valence-electron chi connectivity index (χ0n) is 66.7. The van der Waals surface area contributed by atoms with Crippen LogP contribution in [0.25, 0.3) is 50.1 Å². The van der Waals surface area contributed by atoms with Crippen molar-refractivity contribution in [2.45, 2.75) is 193 Å². The van der Waals surface area contributed by atoms with Crippen LogP contribution in [0.1, 0.15) is 152 Å². The van der Waals surface area contributed by atoms with E-state index in [4.69, 9.17) is 37.9 Å². The molecule has 12 aliphatic carbocycles. The predicted octanol–water partition coefficient (Wildman–Crippen LogP) is 10.6. The molecule has 16 fully saturated rings. The molecule has 116 heavy (non-hydrogen) atoms. The van der Waals surface area contributed by atoms with E-state index in [1.807, 2.05) is 0 Å². The standard InChI is InChI=1S/2C33H35O3S.2C12H16O7S.BrH.Na/c2*1-20-12-26(37-29-10-6-4-8-27(29)28-9-5-7-11-30(28)37)13-21(2)32(20)35-19-31(34)36-33(3)24-15-22-14-23(17-24)18-25(33)16-22;2*13-10(5-20(15,16)17)19-11-7-1-6-2-8(4-7)12(14)18-9(11)3-6;;/h2*4-13,22-25H,14-19H2,1-3H3;2*6-9,11H,1-5H2,(H,15,16,17);1H;/q2*+1;;;;+1/p-3. The quantitative estimate of drug-likeness (QED) is 0.0285. The van der Waals surface area contributed by atoms with Crippen molar-refractivity contribution in [3.63, 3.8) is 0 Å². The second kappa shape index (κ2) is 33.5. The molecule has 8 aromatic rings. The summed E-state index contributed by atoms with van der Waals surface area (Å²) in [5.74, 6) is 2.23. The number of thiophene rings is 2. The van der Waals surface area contributed by atoms with E-state index in [9.17, 15) is 54.7 Å². The zero-order chi connectivity index (χ0) is 79.6. The number of carbonyl (C=O) groups excluding carboxylic acids is 6. The molecule has 16 bridgehead atoms. The molecule has 26 heteroatoms. The fraction of sp³-hybridized carbons (Fsp3) is 0.533. The van der Waals surface area contributed by atoms with E-state index in [2.05, 4.69) is 163 Å². The average Bonchev–Trinajstić information content (AvgIpc) is 1.06. The maximum Gasteiger partial charge on any atom is 1.00 e. The van der Waals surface area contributed by atoms with Crippen LogP contribution in [0.15, 0.2) is 121 Å².